The van der Waals surface area contributed by atoms with Crippen molar-refractivity contribution in [1.82, 2.24) is 4.90 Å². The van der Waals surface area contributed by atoms with E-state index in [9.17, 15) is 5.26 Å². The first-order chi connectivity index (χ1) is 9.95. The van der Waals surface area contributed by atoms with E-state index in [1.165, 1.54) is 37.1 Å². The molecule has 2 aliphatic rings. The molecule has 0 unspecified atom stereocenters. The third kappa shape index (κ3) is 4.20. The Balaban J connectivity index is 1.97. The Bertz CT molecular complexity index is 468. The molecular formula is C19H30N2. The molecule has 0 aromatic carbocycles. The number of allylic oxidation sites excluding steroid dienone is 1. The lowest BCUT2D eigenvalue weighted by Gasteiger charge is -2.45. The molecule has 21 heavy (non-hydrogen) atoms. The fourth-order valence-electron chi connectivity index (χ4n) is 3.91. The van der Waals surface area contributed by atoms with E-state index in [1.807, 2.05) is 0 Å². The molecule has 1 fully saturated rings. The number of hydrogen-bond donors (Lipinski definition) is 0. The van der Waals surface area contributed by atoms with Crippen molar-refractivity contribution in [1.29, 1.82) is 5.26 Å². The number of nitriles is 1. The zero-order valence-electron chi connectivity index (χ0n) is 14.2. The van der Waals surface area contributed by atoms with Gasteiger partial charge < -0.3 is 0 Å². The van der Waals surface area contributed by atoms with Gasteiger partial charge in [-0.1, -0.05) is 38.8 Å². The maximum Gasteiger partial charge on any atom is 0.0991 e. The van der Waals surface area contributed by atoms with Gasteiger partial charge in [-0.15, -0.1) is 0 Å². The van der Waals surface area contributed by atoms with Crippen LogP contribution in [0.5, 0.6) is 0 Å². The summed E-state index contributed by atoms with van der Waals surface area (Å²) in [5.74, 6) is 0.866. The van der Waals surface area contributed by atoms with Gasteiger partial charge in [-0.25, -0.2) is 0 Å². The van der Waals surface area contributed by atoms with Gasteiger partial charge in [-0.3, -0.25) is 4.90 Å². The van der Waals surface area contributed by atoms with Gasteiger partial charge in [0.25, 0.3) is 0 Å². The highest BCUT2D eigenvalue weighted by molar-refractivity contribution is 5.46. The average molecular weight is 286 g/mol. The van der Waals surface area contributed by atoms with E-state index >= 15 is 0 Å². The van der Waals surface area contributed by atoms with Crippen LogP contribution in [0.1, 0.15) is 59.8 Å². The Kier molecular flexibility index (Phi) is 5.27. The minimum Gasteiger partial charge on any atom is -0.298 e. The monoisotopic (exact) mass is 286 g/mol. The number of rotatable bonds is 5. The van der Waals surface area contributed by atoms with Crippen LogP contribution in [0.25, 0.3) is 0 Å². The van der Waals surface area contributed by atoms with Crippen LogP contribution in [0, 0.1) is 22.7 Å². The molecule has 0 atom stereocenters. The average Bonchev–Trinajstić information content (AvgIpc) is 2.40. The summed E-state index contributed by atoms with van der Waals surface area (Å²) in [6, 6.07) is 2.43. The van der Waals surface area contributed by atoms with Crippen molar-refractivity contribution in [2.45, 2.75) is 59.8 Å². The summed E-state index contributed by atoms with van der Waals surface area (Å²) in [6.45, 7) is 12.5. The molecule has 0 bridgehead atoms. The molecule has 2 rings (SSSR count). The SMILES string of the molecule is CCC/C=C(/C#N)C1=C(C)CCN(CC2CC(C)(C)C2)C1. The van der Waals surface area contributed by atoms with Gasteiger partial charge >= 0.3 is 0 Å². The molecule has 2 nitrogen and oxygen atoms in total. The lowest BCUT2D eigenvalue weighted by molar-refractivity contribution is 0.0625. The third-order valence-corrected chi connectivity index (χ3v) is 4.98. The second-order valence-corrected chi connectivity index (χ2v) is 7.70. The zero-order chi connectivity index (χ0) is 15.5. The van der Waals surface area contributed by atoms with Crippen LogP contribution in [-0.4, -0.2) is 24.5 Å². The van der Waals surface area contributed by atoms with Crippen LogP contribution in [0.15, 0.2) is 22.8 Å². The molecule has 0 radical (unpaired) electrons. The summed E-state index contributed by atoms with van der Waals surface area (Å²) in [4.78, 5) is 2.57. The maximum absolute atomic E-state index is 9.45. The Morgan fingerprint density at radius 3 is 2.71 bits per heavy atom. The molecule has 0 saturated heterocycles. The smallest absolute Gasteiger partial charge is 0.0991 e. The predicted octanol–water partition coefficient (Wildman–Crippen LogP) is 4.69. The third-order valence-electron chi connectivity index (χ3n) is 4.98. The summed E-state index contributed by atoms with van der Waals surface area (Å²) >= 11 is 0. The Labute approximate surface area is 130 Å². The van der Waals surface area contributed by atoms with Crippen LogP contribution in [0.4, 0.5) is 0 Å². The molecule has 0 N–H and O–H groups in total. The highest BCUT2D eigenvalue weighted by atomic mass is 15.1. The van der Waals surface area contributed by atoms with Crippen molar-refractivity contribution < 1.29 is 0 Å². The lowest BCUT2D eigenvalue weighted by Crippen LogP contribution is -2.42. The van der Waals surface area contributed by atoms with Crippen molar-refractivity contribution in [2.24, 2.45) is 11.3 Å². The zero-order valence-corrected chi connectivity index (χ0v) is 14.2. The lowest BCUT2D eigenvalue weighted by atomic mass is 9.64. The predicted molar refractivity (Wildman–Crippen MR) is 88.9 cm³/mol. The second-order valence-electron chi connectivity index (χ2n) is 7.70. The minimum absolute atomic E-state index is 0.563. The maximum atomic E-state index is 9.45. The van der Waals surface area contributed by atoms with E-state index in [2.05, 4.69) is 44.7 Å². The largest absolute Gasteiger partial charge is 0.298 e. The fourth-order valence-corrected chi connectivity index (χ4v) is 3.91. The van der Waals surface area contributed by atoms with E-state index in [4.69, 9.17) is 0 Å². The number of unbranched alkanes of at least 4 members (excludes halogenated alkanes) is 1. The topological polar surface area (TPSA) is 27.0 Å². The van der Waals surface area contributed by atoms with Crippen LogP contribution in [0.2, 0.25) is 0 Å². The first kappa shape index (κ1) is 16.3. The fraction of sp³-hybridized carbons (Fsp3) is 0.737. The molecule has 2 heteroatoms. The van der Waals surface area contributed by atoms with Gasteiger partial charge in [0.05, 0.1) is 11.6 Å². The standard InChI is InChI=1S/C19H30N2/c1-5-6-7-17(12-20)18-14-21(9-8-15(18)2)13-16-10-19(3,4)11-16/h7,16H,5-6,8-11,13-14H2,1-4H3/b17-7-. The molecular weight excluding hydrogens is 256 g/mol. The van der Waals surface area contributed by atoms with Gasteiger partial charge in [-0.05, 0) is 49.5 Å². The molecule has 116 valence electrons. The van der Waals surface area contributed by atoms with E-state index < -0.39 is 0 Å². The molecule has 1 heterocycles. The minimum atomic E-state index is 0.563. The van der Waals surface area contributed by atoms with Gasteiger partial charge in [0.1, 0.15) is 0 Å². The Hall–Kier alpha value is -1.07. The molecule has 0 amide bonds. The van der Waals surface area contributed by atoms with Crippen molar-refractivity contribution in [3.05, 3.63) is 22.8 Å². The molecule has 1 saturated carbocycles. The normalized spacial score (nSPS) is 23.9. The molecule has 1 aliphatic heterocycles. The summed E-state index contributed by atoms with van der Waals surface area (Å²) in [6.07, 6.45) is 8.09. The summed E-state index contributed by atoms with van der Waals surface area (Å²) < 4.78 is 0. The van der Waals surface area contributed by atoms with Gasteiger partial charge in [0, 0.05) is 19.6 Å². The number of nitrogens with zero attached hydrogens (tertiary/aromatic N) is 2. The van der Waals surface area contributed by atoms with Crippen molar-refractivity contribution in [3.8, 4) is 6.07 Å². The highest BCUT2D eigenvalue weighted by Gasteiger charge is 2.37. The summed E-state index contributed by atoms with van der Waals surface area (Å²) in [7, 11) is 0. The number of hydrogen-bond acceptors (Lipinski definition) is 2. The van der Waals surface area contributed by atoms with Gasteiger partial charge in [0.2, 0.25) is 0 Å². The van der Waals surface area contributed by atoms with Crippen LogP contribution in [-0.2, 0) is 0 Å². The second kappa shape index (κ2) is 6.79. The molecule has 1 aliphatic carbocycles. The highest BCUT2D eigenvalue weighted by Crippen LogP contribution is 2.45. The first-order valence-corrected chi connectivity index (χ1v) is 8.47. The van der Waals surface area contributed by atoms with Crippen LogP contribution < -0.4 is 0 Å². The van der Waals surface area contributed by atoms with Gasteiger partial charge in [0.15, 0.2) is 0 Å². The molecule has 0 aromatic heterocycles. The van der Waals surface area contributed by atoms with E-state index in [0.29, 0.717) is 5.41 Å². The Morgan fingerprint density at radius 1 is 1.43 bits per heavy atom. The van der Waals surface area contributed by atoms with E-state index in [0.717, 1.165) is 37.3 Å². The van der Waals surface area contributed by atoms with E-state index in [-0.39, 0.29) is 0 Å². The van der Waals surface area contributed by atoms with E-state index in [1.54, 1.807) is 0 Å². The van der Waals surface area contributed by atoms with Crippen molar-refractivity contribution >= 4 is 0 Å². The summed E-state index contributed by atoms with van der Waals surface area (Å²) in [5.41, 5.74) is 4.21. The summed E-state index contributed by atoms with van der Waals surface area (Å²) in [5, 5.41) is 9.45. The quantitative estimate of drug-likeness (QED) is 0.685. The Morgan fingerprint density at radius 2 is 2.14 bits per heavy atom. The van der Waals surface area contributed by atoms with Crippen molar-refractivity contribution in [3.63, 3.8) is 0 Å². The van der Waals surface area contributed by atoms with Crippen molar-refractivity contribution in [2.75, 3.05) is 19.6 Å². The molecule has 0 spiro atoms. The van der Waals surface area contributed by atoms with Gasteiger partial charge in [-0.2, -0.15) is 5.26 Å². The first-order valence-electron chi connectivity index (χ1n) is 8.47. The van der Waals surface area contributed by atoms with Crippen LogP contribution >= 0.6 is 0 Å². The van der Waals surface area contributed by atoms with Crippen LogP contribution in [0.3, 0.4) is 0 Å². The molecule has 0 aromatic rings.